The Hall–Kier alpha value is -1.93. The Morgan fingerprint density at radius 1 is 1.32 bits per heavy atom. The zero-order valence-electron chi connectivity index (χ0n) is 11.4. The van der Waals surface area contributed by atoms with E-state index in [0.29, 0.717) is 32.9 Å². The summed E-state index contributed by atoms with van der Waals surface area (Å²) in [6.07, 6.45) is 1.55. The SMILES string of the molecule is COc1ccc(Br)c2nc(NC(=O)c3ccnc(Br)c3)[nH]c12. The first-order valence-electron chi connectivity index (χ1n) is 6.23. The van der Waals surface area contributed by atoms with Gasteiger partial charge < -0.3 is 9.72 Å². The lowest BCUT2D eigenvalue weighted by Crippen LogP contribution is -2.13. The van der Waals surface area contributed by atoms with Crippen LogP contribution in [0.15, 0.2) is 39.5 Å². The zero-order valence-corrected chi connectivity index (χ0v) is 14.5. The highest BCUT2D eigenvalue weighted by molar-refractivity contribution is 9.10. The van der Waals surface area contributed by atoms with Crippen LogP contribution in [-0.4, -0.2) is 28.0 Å². The number of aromatic amines is 1. The van der Waals surface area contributed by atoms with Crippen LogP contribution >= 0.6 is 31.9 Å². The van der Waals surface area contributed by atoms with Gasteiger partial charge >= 0.3 is 0 Å². The highest BCUT2D eigenvalue weighted by atomic mass is 79.9. The average Bonchev–Trinajstić information content (AvgIpc) is 2.92. The molecule has 0 fully saturated rings. The molecule has 2 heterocycles. The maximum atomic E-state index is 12.2. The average molecular weight is 426 g/mol. The van der Waals surface area contributed by atoms with Gasteiger partial charge in [-0.2, -0.15) is 0 Å². The molecule has 8 heteroatoms. The maximum Gasteiger partial charge on any atom is 0.258 e. The summed E-state index contributed by atoms with van der Waals surface area (Å²) in [5, 5.41) is 2.72. The summed E-state index contributed by atoms with van der Waals surface area (Å²) in [4.78, 5) is 23.6. The van der Waals surface area contributed by atoms with Crippen molar-refractivity contribution in [2.75, 3.05) is 12.4 Å². The van der Waals surface area contributed by atoms with E-state index in [1.807, 2.05) is 12.1 Å². The summed E-state index contributed by atoms with van der Waals surface area (Å²) in [6, 6.07) is 6.91. The molecule has 2 aromatic heterocycles. The van der Waals surface area contributed by atoms with E-state index in [-0.39, 0.29) is 5.91 Å². The molecule has 0 saturated carbocycles. The van der Waals surface area contributed by atoms with Crippen molar-refractivity contribution in [1.82, 2.24) is 15.0 Å². The van der Waals surface area contributed by atoms with Crippen LogP contribution in [0.25, 0.3) is 11.0 Å². The molecule has 0 saturated heterocycles. The Kier molecular flexibility index (Phi) is 4.12. The summed E-state index contributed by atoms with van der Waals surface area (Å²) in [6.45, 7) is 0. The second-order valence-electron chi connectivity index (χ2n) is 4.38. The van der Waals surface area contributed by atoms with Crippen molar-refractivity contribution >= 4 is 54.7 Å². The van der Waals surface area contributed by atoms with Crippen molar-refractivity contribution in [3.05, 3.63) is 45.1 Å². The number of fused-ring (bicyclic) bond motifs is 1. The molecule has 3 aromatic rings. The largest absolute Gasteiger partial charge is 0.494 e. The number of aromatic nitrogens is 3. The first-order chi connectivity index (χ1) is 10.6. The Morgan fingerprint density at radius 3 is 2.86 bits per heavy atom. The molecule has 0 aliphatic heterocycles. The number of carbonyl (C=O) groups is 1. The molecule has 2 N–H and O–H groups in total. The van der Waals surface area contributed by atoms with Gasteiger partial charge in [0.1, 0.15) is 21.4 Å². The molecular weight excluding hydrogens is 416 g/mol. The van der Waals surface area contributed by atoms with Crippen molar-refractivity contribution < 1.29 is 9.53 Å². The van der Waals surface area contributed by atoms with E-state index in [1.54, 1.807) is 25.4 Å². The molecular formula is C14H10Br2N4O2. The van der Waals surface area contributed by atoms with Gasteiger partial charge in [0, 0.05) is 16.2 Å². The molecule has 0 unspecified atom stereocenters. The van der Waals surface area contributed by atoms with Gasteiger partial charge in [0.15, 0.2) is 0 Å². The topological polar surface area (TPSA) is 79.9 Å². The summed E-state index contributed by atoms with van der Waals surface area (Å²) in [5.74, 6) is 0.716. The van der Waals surface area contributed by atoms with Crippen molar-refractivity contribution in [3.63, 3.8) is 0 Å². The first kappa shape index (κ1) is 15.0. The lowest BCUT2D eigenvalue weighted by Gasteiger charge is -2.02. The second kappa shape index (κ2) is 6.05. The van der Waals surface area contributed by atoms with E-state index in [1.165, 1.54) is 0 Å². The van der Waals surface area contributed by atoms with Crippen LogP contribution in [0, 0.1) is 0 Å². The molecule has 1 aromatic carbocycles. The van der Waals surface area contributed by atoms with E-state index >= 15 is 0 Å². The Bertz CT molecular complexity index is 863. The standard InChI is InChI=1S/C14H10Br2N4O2/c1-22-9-3-2-8(15)11-12(9)19-14(18-11)20-13(21)7-4-5-17-10(16)6-7/h2-6H,1H3,(H2,18,19,20,21). The number of H-pyrrole nitrogens is 1. The van der Waals surface area contributed by atoms with Crippen molar-refractivity contribution in [3.8, 4) is 5.75 Å². The van der Waals surface area contributed by atoms with Gasteiger partial charge in [0.05, 0.1) is 7.11 Å². The molecule has 0 radical (unpaired) electrons. The fraction of sp³-hybridized carbons (Fsp3) is 0.0714. The summed E-state index contributed by atoms with van der Waals surface area (Å²) >= 11 is 6.66. The number of hydrogen-bond acceptors (Lipinski definition) is 4. The van der Waals surface area contributed by atoms with Gasteiger partial charge in [-0.05, 0) is 56.1 Å². The van der Waals surface area contributed by atoms with Gasteiger partial charge in [-0.3, -0.25) is 10.1 Å². The Morgan fingerprint density at radius 2 is 2.14 bits per heavy atom. The minimum atomic E-state index is -0.280. The number of imidazole rings is 1. The zero-order chi connectivity index (χ0) is 15.7. The first-order valence-corrected chi connectivity index (χ1v) is 7.82. The van der Waals surface area contributed by atoms with E-state index < -0.39 is 0 Å². The number of benzene rings is 1. The third-order valence-corrected chi connectivity index (χ3v) is 4.07. The fourth-order valence-corrected chi connectivity index (χ4v) is 2.77. The van der Waals surface area contributed by atoms with Gasteiger partial charge in [-0.1, -0.05) is 0 Å². The lowest BCUT2D eigenvalue weighted by atomic mass is 10.2. The van der Waals surface area contributed by atoms with E-state index in [0.717, 1.165) is 4.47 Å². The predicted molar refractivity (Wildman–Crippen MR) is 90.2 cm³/mol. The number of anilines is 1. The monoisotopic (exact) mass is 424 g/mol. The highest BCUT2D eigenvalue weighted by Crippen LogP contribution is 2.30. The summed E-state index contributed by atoms with van der Waals surface area (Å²) < 4.78 is 6.69. The van der Waals surface area contributed by atoms with Crippen molar-refractivity contribution in [2.24, 2.45) is 0 Å². The van der Waals surface area contributed by atoms with Gasteiger partial charge in [0.2, 0.25) is 5.95 Å². The summed E-state index contributed by atoms with van der Waals surface area (Å²) in [7, 11) is 1.58. The number of nitrogens with one attached hydrogen (secondary N) is 2. The lowest BCUT2D eigenvalue weighted by molar-refractivity contribution is 0.102. The Labute approximate surface area is 142 Å². The molecule has 1 amide bonds. The number of pyridine rings is 1. The molecule has 0 bridgehead atoms. The molecule has 3 rings (SSSR count). The molecule has 112 valence electrons. The fourth-order valence-electron chi connectivity index (χ4n) is 1.99. The minimum Gasteiger partial charge on any atom is -0.494 e. The van der Waals surface area contributed by atoms with Gasteiger partial charge in [-0.25, -0.2) is 9.97 Å². The molecule has 22 heavy (non-hydrogen) atoms. The van der Waals surface area contributed by atoms with Crippen LogP contribution < -0.4 is 10.1 Å². The van der Waals surface area contributed by atoms with Crippen LogP contribution in [0.1, 0.15) is 10.4 Å². The number of halogens is 2. The number of carbonyl (C=O) groups excluding carboxylic acids is 1. The molecule has 0 spiro atoms. The van der Waals surface area contributed by atoms with Crippen LogP contribution in [0.5, 0.6) is 5.75 Å². The van der Waals surface area contributed by atoms with Crippen LogP contribution in [0.3, 0.4) is 0 Å². The van der Waals surface area contributed by atoms with Gasteiger partial charge in [-0.15, -0.1) is 0 Å². The normalized spacial score (nSPS) is 10.7. The van der Waals surface area contributed by atoms with Crippen molar-refractivity contribution in [1.29, 1.82) is 0 Å². The van der Waals surface area contributed by atoms with Crippen LogP contribution in [0.4, 0.5) is 5.95 Å². The molecule has 0 atom stereocenters. The third kappa shape index (κ3) is 2.84. The number of rotatable bonds is 3. The number of hydrogen-bond donors (Lipinski definition) is 2. The Balaban J connectivity index is 1.94. The van der Waals surface area contributed by atoms with Crippen LogP contribution in [0.2, 0.25) is 0 Å². The van der Waals surface area contributed by atoms with Crippen LogP contribution in [-0.2, 0) is 0 Å². The second-order valence-corrected chi connectivity index (χ2v) is 6.05. The molecule has 0 aliphatic carbocycles. The smallest absolute Gasteiger partial charge is 0.258 e. The quantitative estimate of drug-likeness (QED) is 0.626. The molecule has 6 nitrogen and oxygen atoms in total. The van der Waals surface area contributed by atoms with Gasteiger partial charge in [0.25, 0.3) is 5.91 Å². The maximum absolute atomic E-state index is 12.2. The summed E-state index contributed by atoms with van der Waals surface area (Å²) in [5.41, 5.74) is 1.88. The highest BCUT2D eigenvalue weighted by Gasteiger charge is 2.14. The minimum absolute atomic E-state index is 0.280. The molecule has 0 aliphatic rings. The van der Waals surface area contributed by atoms with Crippen molar-refractivity contribution in [2.45, 2.75) is 0 Å². The number of amides is 1. The van der Waals surface area contributed by atoms with E-state index in [2.05, 4.69) is 52.1 Å². The number of methoxy groups -OCH3 is 1. The van der Waals surface area contributed by atoms with E-state index in [4.69, 9.17) is 4.74 Å². The number of nitrogens with zero attached hydrogens (tertiary/aromatic N) is 2. The third-order valence-electron chi connectivity index (χ3n) is 3.00. The van der Waals surface area contributed by atoms with E-state index in [9.17, 15) is 4.79 Å². The number of ether oxygens (including phenoxy) is 1. The predicted octanol–water partition coefficient (Wildman–Crippen LogP) is 3.74.